The summed E-state index contributed by atoms with van der Waals surface area (Å²) in [6.07, 6.45) is 5.88. The Hall–Kier alpha value is -0.0400. The molecule has 1 saturated carbocycles. The summed E-state index contributed by atoms with van der Waals surface area (Å²) in [6, 6.07) is 0. The van der Waals surface area contributed by atoms with Crippen molar-refractivity contribution in [3.8, 4) is 0 Å². The van der Waals surface area contributed by atoms with Crippen LogP contribution in [0.3, 0.4) is 0 Å². The van der Waals surface area contributed by atoms with Gasteiger partial charge in [-0.25, -0.2) is 0 Å². The predicted octanol–water partition coefficient (Wildman–Crippen LogP) is 3.84. The van der Waals surface area contributed by atoms with Crippen LogP contribution in [0.2, 0.25) is 0 Å². The first-order chi connectivity index (χ1) is 6.90. The maximum Gasteiger partial charge on any atom is 0.00966 e. The van der Waals surface area contributed by atoms with Gasteiger partial charge in [-0.3, -0.25) is 0 Å². The van der Waals surface area contributed by atoms with E-state index in [0.717, 1.165) is 17.8 Å². The topological polar surface area (TPSA) is 12.0 Å². The molecule has 0 amide bonds. The zero-order valence-corrected chi connectivity index (χ0v) is 11.3. The van der Waals surface area contributed by atoms with E-state index in [0.29, 0.717) is 0 Å². The van der Waals surface area contributed by atoms with Crippen molar-refractivity contribution < 1.29 is 0 Å². The fourth-order valence-corrected chi connectivity index (χ4v) is 2.60. The molecular formula is C14H29N. The van der Waals surface area contributed by atoms with Gasteiger partial charge in [-0.2, -0.15) is 0 Å². The lowest BCUT2D eigenvalue weighted by molar-refractivity contribution is 0.242. The number of hydrogen-bond donors (Lipinski definition) is 1. The van der Waals surface area contributed by atoms with Gasteiger partial charge in [0.2, 0.25) is 0 Å². The van der Waals surface area contributed by atoms with Crippen LogP contribution < -0.4 is 5.32 Å². The first-order valence-electron chi connectivity index (χ1n) is 6.65. The molecule has 0 saturated heterocycles. The first-order valence-corrected chi connectivity index (χ1v) is 6.65. The van der Waals surface area contributed by atoms with Crippen molar-refractivity contribution in [3.63, 3.8) is 0 Å². The zero-order valence-electron chi connectivity index (χ0n) is 11.3. The monoisotopic (exact) mass is 211 g/mol. The third-order valence-corrected chi connectivity index (χ3v) is 4.00. The minimum atomic E-state index is 0.268. The van der Waals surface area contributed by atoms with E-state index >= 15 is 0 Å². The maximum absolute atomic E-state index is 3.63. The van der Waals surface area contributed by atoms with Crippen molar-refractivity contribution in [1.82, 2.24) is 5.32 Å². The number of nitrogens with one attached hydrogen (secondary N) is 1. The molecule has 1 heteroatoms. The van der Waals surface area contributed by atoms with E-state index < -0.39 is 0 Å². The van der Waals surface area contributed by atoms with Gasteiger partial charge >= 0.3 is 0 Å². The van der Waals surface area contributed by atoms with Crippen molar-refractivity contribution in [1.29, 1.82) is 0 Å². The van der Waals surface area contributed by atoms with E-state index in [1.807, 2.05) is 0 Å². The number of rotatable bonds is 4. The molecule has 0 aromatic carbocycles. The molecule has 1 aliphatic carbocycles. The molecule has 1 aliphatic rings. The summed E-state index contributed by atoms with van der Waals surface area (Å²) < 4.78 is 0. The third kappa shape index (κ3) is 4.55. The fraction of sp³-hybridized carbons (Fsp3) is 1.00. The van der Waals surface area contributed by atoms with Crippen molar-refractivity contribution >= 4 is 0 Å². The molecule has 1 rings (SSSR count). The molecule has 0 aliphatic heterocycles. The van der Waals surface area contributed by atoms with Crippen molar-refractivity contribution in [3.05, 3.63) is 0 Å². The summed E-state index contributed by atoms with van der Waals surface area (Å²) in [6.45, 7) is 12.8. The Kier molecular flexibility index (Phi) is 4.64. The highest BCUT2D eigenvalue weighted by atomic mass is 14.9. The van der Waals surface area contributed by atoms with Gasteiger partial charge in [0.25, 0.3) is 0 Å². The average molecular weight is 211 g/mol. The molecule has 2 atom stereocenters. The molecule has 2 unspecified atom stereocenters. The van der Waals surface area contributed by atoms with Gasteiger partial charge < -0.3 is 5.32 Å². The van der Waals surface area contributed by atoms with Crippen LogP contribution in [0.15, 0.2) is 0 Å². The Balaban J connectivity index is 2.29. The van der Waals surface area contributed by atoms with Crippen LogP contribution in [0, 0.1) is 17.8 Å². The van der Waals surface area contributed by atoms with Gasteiger partial charge in [-0.05, 0) is 45.1 Å². The van der Waals surface area contributed by atoms with E-state index in [4.69, 9.17) is 0 Å². The Bertz CT molecular complexity index is 174. The maximum atomic E-state index is 3.63. The lowest BCUT2D eigenvalue weighted by atomic mass is 9.82. The van der Waals surface area contributed by atoms with E-state index in [1.165, 1.54) is 32.2 Å². The van der Waals surface area contributed by atoms with Crippen LogP contribution in [0.4, 0.5) is 0 Å². The fourth-order valence-electron chi connectivity index (χ4n) is 2.60. The molecular weight excluding hydrogens is 182 g/mol. The van der Waals surface area contributed by atoms with Gasteiger partial charge in [0.05, 0.1) is 0 Å². The summed E-state index contributed by atoms with van der Waals surface area (Å²) in [4.78, 5) is 0. The molecule has 1 N–H and O–H groups in total. The summed E-state index contributed by atoms with van der Waals surface area (Å²) in [7, 11) is 0. The van der Waals surface area contributed by atoms with Gasteiger partial charge in [0.1, 0.15) is 0 Å². The van der Waals surface area contributed by atoms with Gasteiger partial charge in [-0.15, -0.1) is 0 Å². The van der Waals surface area contributed by atoms with E-state index in [-0.39, 0.29) is 5.54 Å². The van der Waals surface area contributed by atoms with Crippen LogP contribution in [0.1, 0.15) is 60.3 Å². The molecule has 0 aromatic rings. The molecule has 0 bridgehead atoms. The SMILES string of the molecule is CC(CNC(C)(C)C)C(C)C1CCCC1. The van der Waals surface area contributed by atoms with E-state index in [2.05, 4.69) is 39.9 Å². The largest absolute Gasteiger partial charge is 0.312 e. The van der Waals surface area contributed by atoms with Crippen LogP contribution >= 0.6 is 0 Å². The van der Waals surface area contributed by atoms with Crippen LogP contribution in [-0.2, 0) is 0 Å². The Morgan fingerprint density at radius 3 is 2.13 bits per heavy atom. The Labute approximate surface area is 96.0 Å². The molecule has 1 nitrogen and oxygen atoms in total. The molecule has 0 heterocycles. The minimum absolute atomic E-state index is 0.268. The second kappa shape index (κ2) is 5.34. The van der Waals surface area contributed by atoms with Crippen molar-refractivity contribution in [2.75, 3.05) is 6.54 Å². The highest BCUT2D eigenvalue weighted by Crippen LogP contribution is 2.34. The van der Waals surface area contributed by atoms with Crippen molar-refractivity contribution in [2.45, 2.75) is 65.8 Å². The molecule has 15 heavy (non-hydrogen) atoms. The minimum Gasteiger partial charge on any atom is -0.312 e. The molecule has 0 aromatic heterocycles. The summed E-state index contributed by atoms with van der Waals surface area (Å²) in [5.74, 6) is 2.71. The Morgan fingerprint density at radius 1 is 1.13 bits per heavy atom. The second-order valence-corrected chi connectivity index (χ2v) is 6.51. The first kappa shape index (κ1) is 13.0. The van der Waals surface area contributed by atoms with E-state index in [1.54, 1.807) is 0 Å². The molecule has 0 radical (unpaired) electrons. The van der Waals surface area contributed by atoms with Gasteiger partial charge in [0.15, 0.2) is 0 Å². The second-order valence-electron chi connectivity index (χ2n) is 6.51. The van der Waals surface area contributed by atoms with Gasteiger partial charge in [0, 0.05) is 5.54 Å². The van der Waals surface area contributed by atoms with Crippen LogP contribution in [-0.4, -0.2) is 12.1 Å². The van der Waals surface area contributed by atoms with E-state index in [9.17, 15) is 0 Å². The predicted molar refractivity (Wildman–Crippen MR) is 68.0 cm³/mol. The lowest BCUT2D eigenvalue weighted by Crippen LogP contribution is -2.40. The number of hydrogen-bond acceptors (Lipinski definition) is 1. The zero-order chi connectivity index (χ0) is 11.5. The van der Waals surface area contributed by atoms with Crippen molar-refractivity contribution in [2.24, 2.45) is 17.8 Å². The standard InChI is InChI=1S/C14H29N/c1-11(10-15-14(3,4)5)12(2)13-8-6-7-9-13/h11-13,15H,6-10H2,1-5H3. The van der Waals surface area contributed by atoms with Crippen LogP contribution in [0.5, 0.6) is 0 Å². The summed E-state index contributed by atoms with van der Waals surface area (Å²) >= 11 is 0. The molecule has 90 valence electrons. The quantitative estimate of drug-likeness (QED) is 0.745. The van der Waals surface area contributed by atoms with Gasteiger partial charge in [-0.1, -0.05) is 39.5 Å². The lowest BCUT2D eigenvalue weighted by Gasteiger charge is -2.29. The average Bonchev–Trinajstić information content (AvgIpc) is 2.64. The molecule has 1 fully saturated rings. The highest BCUT2D eigenvalue weighted by molar-refractivity contribution is 4.79. The summed E-state index contributed by atoms with van der Waals surface area (Å²) in [5.41, 5.74) is 0.268. The third-order valence-electron chi connectivity index (χ3n) is 4.00. The molecule has 0 spiro atoms. The normalized spacial score (nSPS) is 23.0. The Morgan fingerprint density at radius 2 is 1.67 bits per heavy atom. The highest BCUT2D eigenvalue weighted by Gasteiger charge is 2.26. The van der Waals surface area contributed by atoms with Crippen LogP contribution in [0.25, 0.3) is 0 Å². The smallest absolute Gasteiger partial charge is 0.00966 e. The summed E-state index contributed by atoms with van der Waals surface area (Å²) in [5, 5.41) is 3.63.